The third-order valence-corrected chi connectivity index (χ3v) is 2.18. The van der Waals surface area contributed by atoms with Gasteiger partial charge in [-0.3, -0.25) is 0 Å². The van der Waals surface area contributed by atoms with Gasteiger partial charge in [-0.25, -0.2) is 4.79 Å². The summed E-state index contributed by atoms with van der Waals surface area (Å²) in [7, 11) is 3.29. The Hall–Kier alpha value is -1.99. The number of benzene rings is 1. The van der Waals surface area contributed by atoms with Gasteiger partial charge < -0.3 is 15.2 Å². The van der Waals surface area contributed by atoms with Crippen LogP contribution >= 0.6 is 0 Å². The molecule has 4 heteroatoms. The van der Waals surface area contributed by atoms with Crippen LogP contribution in [-0.4, -0.2) is 31.8 Å². The van der Waals surface area contributed by atoms with Crippen LogP contribution in [0.2, 0.25) is 0 Å². The minimum Gasteiger partial charge on any atom is -0.496 e. The highest BCUT2D eigenvalue weighted by molar-refractivity contribution is 5.94. The first-order chi connectivity index (χ1) is 8.20. The fraction of sp³-hybridized carbons (Fsp3) is 0.308. The Kier molecular flexibility index (Phi) is 5.05. The van der Waals surface area contributed by atoms with Crippen molar-refractivity contribution in [2.24, 2.45) is 0 Å². The summed E-state index contributed by atoms with van der Waals surface area (Å²) < 4.78 is 5.01. The molecule has 0 amide bonds. The Balaban J connectivity index is 3.05. The molecule has 0 saturated carbocycles. The molecule has 90 valence electrons. The number of ether oxygens (including phenoxy) is 1. The Morgan fingerprint density at radius 1 is 1.53 bits per heavy atom. The third kappa shape index (κ3) is 3.51. The lowest BCUT2D eigenvalue weighted by atomic mass is 10.1. The lowest BCUT2D eigenvalue weighted by molar-refractivity contribution is 0.0693. The number of aromatic carboxylic acids is 1. The van der Waals surface area contributed by atoms with Crippen molar-refractivity contribution in [3.63, 3.8) is 0 Å². The van der Waals surface area contributed by atoms with Gasteiger partial charge in [-0.05, 0) is 19.2 Å². The molecule has 0 fully saturated rings. The van der Waals surface area contributed by atoms with E-state index in [9.17, 15) is 4.79 Å². The van der Waals surface area contributed by atoms with Crippen LogP contribution in [0.4, 0.5) is 0 Å². The van der Waals surface area contributed by atoms with Crippen LogP contribution in [-0.2, 0) is 0 Å². The summed E-state index contributed by atoms with van der Waals surface area (Å²) in [6.45, 7) is 0.777. The zero-order valence-electron chi connectivity index (χ0n) is 9.91. The Morgan fingerprint density at radius 3 is 2.88 bits per heavy atom. The summed E-state index contributed by atoms with van der Waals surface area (Å²) in [4.78, 5) is 11.1. The molecule has 0 aliphatic heterocycles. The molecule has 0 radical (unpaired) electrons. The lowest BCUT2D eigenvalue weighted by Gasteiger charge is -2.05. The highest BCUT2D eigenvalue weighted by Gasteiger charge is 2.14. The molecule has 0 aliphatic rings. The zero-order chi connectivity index (χ0) is 12.7. The molecule has 0 heterocycles. The summed E-state index contributed by atoms with van der Waals surface area (Å²) in [5, 5.41) is 12.1. The van der Waals surface area contributed by atoms with E-state index in [0.717, 1.165) is 6.54 Å². The second-order valence-electron chi connectivity index (χ2n) is 3.34. The van der Waals surface area contributed by atoms with Crippen molar-refractivity contribution in [1.29, 1.82) is 0 Å². The second kappa shape index (κ2) is 6.56. The molecule has 1 rings (SSSR count). The summed E-state index contributed by atoms with van der Waals surface area (Å²) in [5.41, 5.74) is 0.597. The van der Waals surface area contributed by atoms with Gasteiger partial charge in [0.05, 0.1) is 7.11 Å². The molecule has 0 spiro atoms. The minimum atomic E-state index is -1.03. The van der Waals surface area contributed by atoms with E-state index in [-0.39, 0.29) is 5.56 Å². The third-order valence-electron chi connectivity index (χ3n) is 2.18. The van der Waals surface area contributed by atoms with Crippen molar-refractivity contribution < 1.29 is 14.6 Å². The van der Waals surface area contributed by atoms with Crippen molar-refractivity contribution >= 4 is 5.97 Å². The number of hydrogen-bond donors (Lipinski definition) is 2. The quantitative estimate of drug-likeness (QED) is 0.609. The Morgan fingerprint density at radius 2 is 2.29 bits per heavy atom. The Labute approximate surface area is 101 Å². The number of nitrogens with one attached hydrogen (secondary N) is 1. The van der Waals surface area contributed by atoms with Gasteiger partial charge in [0.1, 0.15) is 11.3 Å². The van der Waals surface area contributed by atoms with E-state index in [4.69, 9.17) is 9.84 Å². The molecule has 1 aromatic carbocycles. The average molecular weight is 233 g/mol. The monoisotopic (exact) mass is 233 g/mol. The van der Waals surface area contributed by atoms with Gasteiger partial charge in [0.25, 0.3) is 0 Å². The van der Waals surface area contributed by atoms with Crippen LogP contribution < -0.4 is 10.1 Å². The first kappa shape index (κ1) is 13.1. The van der Waals surface area contributed by atoms with Crippen LogP contribution in [0, 0.1) is 11.8 Å². The first-order valence-electron chi connectivity index (χ1n) is 5.24. The maximum Gasteiger partial charge on any atom is 0.340 e. The highest BCUT2D eigenvalue weighted by Crippen LogP contribution is 2.21. The van der Waals surface area contributed by atoms with E-state index in [2.05, 4.69) is 17.2 Å². The highest BCUT2D eigenvalue weighted by atomic mass is 16.5. The summed E-state index contributed by atoms with van der Waals surface area (Å²) in [6.07, 6.45) is 0.673. The van der Waals surface area contributed by atoms with Gasteiger partial charge in [0.2, 0.25) is 0 Å². The van der Waals surface area contributed by atoms with E-state index in [1.54, 1.807) is 18.2 Å². The van der Waals surface area contributed by atoms with E-state index >= 15 is 0 Å². The lowest BCUT2D eigenvalue weighted by Crippen LogP contribution is -2.06. The predicted molar refractivity (Wildman–Crippen MR) is 65.4 cm³/mol. The fourth-order valence-electron chi connectivity index (χ4n) is 1.37. The molecule has 17 heavy (non-hydrogen) atoms. The van der Waals surface area contributed by atoms with Crippen molar-refractivity contribution in [3.8, 4) is 17.6 Å². The summed E-state index contributed by atoms with van der Waals surface area (Å²) >= 11 is 0. The normalized spacial score (nSPS) is 9.29. The molecule has 0 unspecified atom stereocenters. The number of rotatable bonds is 4. The van der Waals surface area contributed by atoms with Crippen molar-refractivity contribution in [3.05, 3.63) is 29.3 Å². The number of methoxy groups -OCH3 is 1. The van der Waals surface area contributed by atoms with E-state index in [1.807, 2.05) is 7.05 Å². The molecule has 0 aliphatic carbocycles. The van der Waals surface area contributed by atoms with Gasteiger partial charge in [0.15, 0.2) is 0 Å². The summed E-state index contributed by atoms with van der Waals surface area (Å²) in [6, 6.07) is 5.02. The SMILES string of the molecule is CNCCC#Cc1cccc(OC)c1C(=O)O. The molecular weight excluding hydrogens is 218 g/mol. The molecule has 4 nitrogen and oxygen atoms in total. The maximum atomic E-state index is 11.1. The topological polar surface area (TPSA) is 58.6 Å². The Bertz CT molecular complexity index is 457. The smallest absolute Gasteiger partial charge is 0.340 e. The largest absolute Gasteiger partial charge is 0.496 e. The molecule has 2 N–H and O–H groups in total. The molecule has 0 bridgehead atoms. The standard InChI is InChI=1S/C13H15NO3/c1-14-9-4-3-6-10-7-5-8-11(17-2)12(10)13(15)16/h5,7-8,14H,4,9H2,1-2H3,(H,15,16). The first-order valence-corrected chi connectivity index (χ1v) is 5.24. The second-order valence-corrected chi connectivity index (χ2v) is 3.34. The van der Waals surface area contributed by atoms with Crippen LogP contribution in [0.1, 0.15) is 22.3 Å². The van der Waals surface area contributed by atoms with Crippen LogP contribution in [0.15, 0.2) is 18.2 Å². The van der Waals surface area contributed by atoms with Crippen molar-refractivity contribution in [2.75, 3.05) is 20.7 Å². The van der Waals surface area contributed by atoms with Crippen LogP contribution in [0.5, 0.6) is 5.75 Å². The van der Waals surface area contributed by atoms with Crippen molar-refractivity contribution in [2.45, 2.75) is 6.42 Å². The van der Waals surface area contributed by atoms with Gasteiger partial charge in [0, 0.05) is 18.5 Å². The van der Waals surface area contributed by atoms with Gasteiger partial charge in [-0.15, -0.1) is 0 Å². The van der Waals surface area contributed by atoms with Gasteiger partial charge in [-0.2, -0.15) is 0 Å². The fourth-order valence-corrected chi connectivity index (χ4v) is 1.37. The molecule has 1 aromatic rings. The number of carboxylic acid groups (broad SMARTS) is 1. The summed E-state index contributed by atoms with van der Waals surface area (Å²) in [5.74, 6) is 5.08. The van der Waals surface area contributed by atoms with Crippen LogP contribution in [0.3, 0.4) is 0 Å². The van der Waals surface area contributed by atoms with Gasteiger partial charge >= 0.3 is 5.97 Å². The molecule has 0 aromatic heterocycles. The van der Waals surface area contributed by atoms with Crippen molar-refractivity contribution in [1.82, 2.24) is 5.32 Å². The number of carbonyl (C=O) groups is 1. The average Bonchev–Trinajstić information content (AvgIpc) is 2.33. The van der Waals surface area contributed by atoms with E-state index in [0.29, 0.717) is 17.7 Å². The predicted octanol–water partition coefficient (Wildman–Crippen LogP) is 1.35. The van der Waals surface area contributed by atoms with Crippen LogP contribution in [0.25, 0.3) is 0 Å². The molecule has 0 saturated heterocycles. The number of carboxylic acids is 1. The maximum absolute atomic E-state index is 11.1. The number of hydrogen-bond acceptors (Lipinski definition) is 3. The van der Waals surface area contributed by atoms with E-state index in [1.165, 1.54) is 7.11 Å². The molecule has 0 atom stereocenters. The van der Waals surface area contributed by atoms with Gasteiger partial charge in [-0.1, -0.05) is 17.9 Å². The molecular formula is C13H15NO3. The van der Waals surface area contributed by atoms with E-state index < -0.39 is 5.97 Å². The zero-order valence-corrected chi connectivity index (χ0v) is 9.91. The minimum absolute atomic E-state index is 0.118.